The molecule has 1 nitrogen and oxygen atoms in total. The van der Waals surface area contributed by atoms with Gasteiger partial charge >= 0.3 is 0 Å². The molecule has 0 spiro atoms. The van der Waals surface area contributed by atoms with Gasteiger partial charge in [0.15, 0.2) is 0 Å². The highest BCUT2D eigenvalue weighted by molar-refractivity contribution is 7.09. The van der Waals surface area contributed by atoms with E-state index in [0.29, 0.717) is 0 Å². The van der Waals surface area contributed by atoms with Crippen LogP contribution in [-0.4, -0.2) is 6.04 Å². The van der Waals surface area contributed by atoms with Crippen LogP contribution in [0.2, 0.25) is 0 Å². The quantitative estimate of drug-likeness (QED) is 0.713. The van der Waals surface area contributed by atoms with Crippen molar-refractivity contribution >= 4 is 11.3 Å². The van der Waals surface area contributed by atoms with E-state index in [0.717, 1.165) is 6.42 Å². The molecule has 0 saturated carbocycles. The number of hydrogen-bond donors (Lipinski definition) is 1. The fourth-order valence-corrected chi connectivity index (χ4v) is 1.93. The van der Waals surface area contributed by atoms with Crippen LogP contribution in [0.3, 0.4) is 0 Å². The van der Waals surface area contributed by atoms with Crippen molar-refractivity contribution in [3.05, 3.63) is 34.0 Å². The van der Waals surface area contributed by atoms with Crippen molar-refractivity contribution in [3.8, 4) is 0 Å². The molecule has 12 heavy (non-hydrogen) atoms. The zero-order chi connectivity index (χ0) is 8.97. The van der Waals surface area contributed by atoms with Crippen LogP contribution in [0.25, 0.3) is 0 Å². The second kappa shape index (κ2) is 4.43. The molecule has 0 aliphatic rings. The zero-order valence-electron chi connectivity index (χ0n) is 7.58. The number of rotatable bonds is 3. The van der Waals surface area contributed by atoms with Crippen LogP contribution in [0.5, 0.6) is 0 Å². The Hall–Kier alpha value is -0.600. The second-order valence-electron chi connectivity index (χ2n) is 3.19. The SMILES string of the molecule is CC(C)=CC(N)Cc1cccs1. The van der Waals surface area contributed by atoms with E-state index in [1.54, 1.807) is 11.3 Å². The first kappa shape index (κ1) is 9.49. The largest absolute Gasteiger partial charge is 0.324 e. The van der Waals surface area contributed by atoms with Crippen molar-refractivity contribution in [2.24, 2.45) is 5.73 Å². The summed E-state index contributed by atoms with van der Waals surface area (Å²) < 4.78 is 0. The lowest BCUT2D eigenvalue weighted by Crippen LogP contribution is -2.19. The van der Waals surface area contributed by atoms with Gasteiger partial charge in [-0.25, -0.2) is 0 Å². The molecule has 0 aliphatic heterocycles. The summed E-state index contributed by atoms with van der Waals surface area (Å²) in [7, 11) is 0. The van der Waals surface area contributed by atoms with Crippen LogP contribution in [0, 0.1) is 0 Å². The van der Waals surface area contributed by atoms with Crippen molar-refractivity contribution < 1.29 is 0 Å². The third kappa shape index (κ3) is 3.20. The molecule has 0 radical (unpaired) electrons. The fraction of sp³-hybridized carbons (Fsp3) is 0.400. The van der Waals surface area contributed by atoms with E-state index in [-0.39, 0.29) is 6.04 Å². The number of thiophene rings is 1. The van der Waals surface area contributed by atoms with Gasteiger partial charge in [0.25, 0.3) is 0 Å². The maximum atomic E-state index is 5.90. The fourth-order valence-electron chi connectivity index (χ4n) is 1.15. The Morgan fingerprint density at radius 3 is 2.92 bits per heavy atom. The number of hydrogen-bond acceptors (Lipinski definition) is 2. The summed E-state index contributed by atoms with van der Waals surface area (Å²) in [6.45, 7) is 4.16. The van der Waals surface area contributed by atoms with E-state index in [1.807, 2.05) is 0 Å². The normalized spacial score (nSPS) is 12.6. The monoisotopic (exact) mass is 181 g/mol. The Bertz CT molecular complexity index is 245. The van der Waals surface area contributed by atoms with Gasteiger partial charge in [-0.3, -0.25) is 0 Å². The van der Waals surface area contributed by atoms with Crippen LogP contribution in [0.4, 0.5) is 0 Å². The van der Waals surface area contributed by atoms with Crippen LogP contribution in [0.15, 0.2) is 29.2 Å². The molecule has 1 atom stereocenters. The first-order chi connectivity index (χ1) is 5.68. The lowest BCUT2D eigenvalue weighted by atomic mass is 10.1. The van der Waals surface area contributed by atoms with Gasteiger partial charge in [0.2, 0.25) is 0 Å². The minimum atomic E-state index is 0.175. The molecule has 1 aromatic heterocycles. The minimum Gasteiger partial charge on any atom is -0.324 e. The van der Waals surface area contributed by atoms with Gasteiger partial charge in [-0.2, -0.15) is 0 Å². The minimum absolute atomic E-state index is 0.175. The van der Waals surface area contributed by atoms with E-state index < -0.39 is 0 Å². The van der Waals surface area contributed by atoms with Gasteiger partial charge in [0.1, 0.15) is 0 Å². The van der Waals surface area contributed by atoms with Crippen molar-refractivity contribution in [3.63, 3.8) is 0 Å². The smallest absolute Gasteiger partial charge is 0.0275 e. The molecule has 2 heteroatoms. The molecule has 0 aromatic carbocycles. The Kier molecular flexibility index (Phi) is 3.50. The second-order valence-corrected chi connectivity index (χ2v) is 4.22. The maximum Gasteiger partial charge on any atom is 0.0275 e. The highest BCUT2D eigenvalue weighted by Gasteiger charge is 2.00. The van der Waals surface area contributed by atoms with Crippen LogP contribution in [-0.2, 0) is 6.42 Å². The number of nitrogens with two attached hydrogens (primary N) is 1. The van der Waals surface area contributed by atoms with Gasteiger partial charge in [0, 0.05) is 17.3 Å². The van der Waals surface area contributed by atoms with Crippen molar-refractivity contribution in [1.82, 2.24) is 0 Å². The van der Waals surface area contributed by atoms with Crippen LogP contribution >= 0.6 is 11.3 Å². The Balaban J connectivity index is 2.47. The Morgan fingerprint density at radius 1 is 1.67 bits per heavy atom. The number of allylic oxidation sites excluding steroid dienone is 1. The molecule has 1 aromatic rings. The lowest BCUT2D eigenvalue weighted by molar-refractivity contribution is 0.813. The molecule has 1 heterocycles. The van der Waals surface area contributed by atoms with E-state index in [2.05, 4.69) is 37.4 Å². The van der Waals surface area contributed by atoms with Crippen molar-refractivity contribution in [2.45, 2.75) is 26.3 Å². The predicted octanol–water partition coefficient (Wildman–Crippen LogP) is 2.58. The molecule has 0 fully saturated rings. The molecule has 1 unspecified atom stereocenters. The van der Waals surface area contributed by atoms with E-state index in [1.165, 1.54) is 10.5 Å². The summed E-state index contributed by atoms with van der Waals surface area (Å²) in [5, 5.41) is 2.09. The summed E-state index contributed by atoms with van der Waals surface area (Å²) in [5.41, 5.74) is 7.19. The molecule has 0 saturated heterocycles. The molecule has 0 aliphatic carbocycles. The lowest BCUT2D eigenvalue weighted by Gasteiger charge is -2.04. The molecular formula is C10H15NS. The Morgan fingerprint density at radius 2 is 2.42 bits per heavy atom. The maximum absolute atomic E-state index is 5.90. The van der Waals surface area contributed by atoms with E-state index in [9.17, 15) is 0 Å². The first-order valence-electron chi connectivity index (χ1n) is 4.11. The summed E-state index contributed by atoms with van der Waals surface area (Å²) >= 11 is 1.77. The van der Waals surface area contributed by atoms with Gasteiger partial charge in [-0.15, -0.1) is 11.3 Å². The average molecular weight is 181 g/mol. The highest BCUT2D eigenvalue weighted by atomic mass is 32.1. The molecular weight excluding hydrogens is 166 g/mol. The van der Waals surface area contributed by atoms with Gasteiger partial charge < -0.3 is 5.73 Å². The molecule has 0 amide bonds. The van der Waals surface area contributed by atoms with E-state index >= 15 is 0 Å². The summed E-state index contributed by atoms with van der Waals surface area (Å²) in [6.07, 6.45) is 3.07. The summed E-state index contributed by atoms with van der Waals surface area (Å²) in [4.78, 5) is 1.36. The third-order valence-corrected chi connectivity index (χ3v) is 2.46. The van der Waals surface area contributed by atoms with E-state index in [4.69, 9.17) is 5.73 Å². The Labute approximate surface area is 77.9 Å². The summed E-state index contributed by atoms with van der Waals surface area (Å²) in [6, 6.07) is 4.37. The van der Waals surface area contributed by atoms with Gasteiger partial charge in [-0.05, 0) is 25.3 Å². The first-order valence-corrected chi connectivity index (χ1v) is 4.99. The van der Waals surface area contributed by atoms with Gasteiger partial charge in [-0.1, -0.05) is 17.7 Å². The van der Waals surface area contributed by atoms with Crippen LogP contribution in [0.1, 0.15) is 18.7 Å². The third-order valence-electron chi connectivity index (χ3n) is 1.56. The van der Waals surface area contributed by atoms with Crippen molar-refractivity contribution in [2.75, 3.05) is 0 Å². The van der Waals surface area contributed by atoms with Crippen molar-refractivity contribution in [1.29, 1.82) is 0 Å². The van der Waals surface area contributed by atoms with Gasteiger partial charge in [0.05, 0.1) is 0 Å². The highest BCUT2D eigenvalue weighted by Crippen LogP contribution is 2.11. The molecule has 2 N–H and O–H groups in total. The predicted molar refractivity (Wildman–Crippen MR) is 55.4 cm³/mol. The molecule has 1 rings (SSSR count). The average Bonchev–Trinajstić information content (AvgIpc) is 2.37. The zero-order valence-corrected chi connectivity index (χ0v) is 8.40. The molecule has 0 bridgehead atoms. The standard InChI is InChI=1S/C10H15NS/c1-8(2)6-9(11)7-10-4-3-5-12-10/h3-6,9H,7,11H2,1-2H3. The molecule has 66 valence electrons. The topological polar surface area (TPSA) is 26.0 Å². The van der Waals surface area contributed by atoms with Crippen LogP contribution < -0.4 is 5.73 Å². The summed E-state index contributed by atoms with van der Waals surface area (Å²) in [5.74, 6) is 0.